The predicted octanol–water partition coefficient (Wildman–Crippen LogP) is -0.545. The highest BCUT2D eigenvalue weighted by molar-refractivity contribution is 4.77. The Kier molecular flexibility index (Phi) is 4.88. The Balaban J connectivity index is 2.12. The maximum absolute atomic E-state index is 10.1. The van der Waals surface area contributed by atoms with Crippen LogP contribution in [0.25, 0.3) is 0 Å². The smallest absolute Gasteiger partial charge is 0.127 e. The van der Waals surface area contributed by atoms with E-state index in [2.05, 4.69) is 15.8 Å². The van der Waals surface area contributed by atoms with Crippen LogP contribution in [0.1, 0.15) is 12.8 Å². The van der Waals surface area contributed by atoms with Crippen molar-refractivity contribution in [3.05, 3.63) is 4.91 Å². The van der Waals surface area contributed by atoms with Gasteiger partial charge in [0.05, 0.1) is 6.61 Å². The van der Waals surface area contributed by atoms with Crippen LogP contribution >= 0.6 is 0 Å². The third-order valence-corrected chi connectivity index (χ3v) is 2.34. The average molecular weight is 187 g/mol. The molecule has 1 aliphatic heterocycles. The molecular formula is C8H17N3O2. The zero-order valence-electron chi connectivity index (χ0n) is 7.70. The lowest BCUT2D eigenvalue weighted by Gasteiger charge is -2.24. The zero-order chi connectivity index (χ0) is 9.52. The molecule has 0 aromatic heterocycles. The Hall–Kier alpha value is -0.520. The number of aliphatic hydroxyl groups is 1. The maximum Gasteiger partial charge on any atom is 0.127 e. The van der Waals surface area contributed by atoms with E-state index in [0.717, 1.165) is 25.9 Å². The summed E-state index contributed by atoms with van der Waals surface area (Å²) in [6, 6.07) is -0.0214. The molecule has 1 fully saturated rings. The molecule has 0 saturated carbocycles. The summed E-state index contributed by atoms with van der Waals surface area (Å²) in [5, 5.41) is 18.0. The molecule has 3 N–H and O–H groups in total. The molecule has 0 aliphatic carbocycles. The van der Waals surface area contributed by atoms with Gasteiger partial charge in [0.2, 0.25) is 0 Å². The molecule has 13 heavy (non-hydrogen) atoms. The van der Waals surface area contributed by atoms with Gasteiger partial charge in [-0.25, -0.2) is 0 Å². The molecular weight excluding hydrogens is 170 g/mol. The molecule has 0 bridgehead atoms. The van der Waals surface area contributed by atoms with Crippen LogP contribution in [-0.2, 0) is 0 Å². The molecule has 0 radical (unpaired) electrons. The Morgan fingerprint density at radius 2 is 2.23 bits per heavy atom. The lowest BCUT2D eigenvalue weighted by atomic mass is 10.1. The maximum atomic E-state index is 10.1. The van der Waals surface area contributed by atoms with Gasteiger partial charge in [0.1, 0.15) is 6.04 Å². The first kappa shape index (κ1) is 10.6. The van der Waals surface area contributed by atoms with Crippen molar-refractivity contribution in [3.63, 3.8) is 0 Å². The molecule has 0 aromatic carbocycles. The normalized spacial score (nSPS) is 21.3. The van der Waals surface area contributed by atoms with Crippen molar-refractivity contribution < 1.29 is 5.11 Å². The van der Waals surface area contributed by atoms with Crippen LogP contribution in [0.3, 0.4) is 0 Å². The minimum atomic E-state index is -0.491. The standard InChI is InChI=1S/C8H17N3O2/c12-6-8(11-13)5-10-7-1-3-9-4-2-7/h7-10,12H,1-6H2/t8-/m0/s1. The van der Waals surface area contributed by atoms with Gasteiger partial charge in [-0.2, -0.15) is 4.91 Å². The van der Waals surface area contributed by atoms with E-state index in [-0.39, 0.29) is 6.61 Å². The van der Waals surface area contributed by atoms with E-state index in [1.54, 1.807) is 0 Å². The fourth-order valence-corrected chi connectivity index (χ4v) is 1.46. The van der Waals surface area contributed by atoms with E-state index < -0.39 is 6.04 Å². The van der Waals surface area contributed by atoms with Gasteiger partial charge in [-0.3, -0.25) is 0 Å². The van der Waals surface area contributed by atoms with Crippen molar-refractivity contribution in [1.29, 1.82) is 0 Å². The van der Waals surface area contributed by atoms with Crippen molar-refractivity contribution in [3.8, 4) is 0 Å². The minimum Gasteiger partial charge on any atom is -0.394 e. The van der Waals surface area contributed by atoms with Gasteiger partial charge < -0.3 is 15.7 Å². The summed E-state index contributed by atoms with van der Waals surface area (Å²) in [6.45, 7) is 2.37. The third kappa shape index (κ3) is 3.80. The lowest BCUT2D eigenvalue weighted by molar-refractivity contribution is 0.255. The van der Waals surface area contributed by atoms with Gasteiger partial charge >= 0.3 is 0 Å². The molecule has 1 heterocycles. The van der Waals surface area contributed by atoms with Crippen molar-refractivity contribution >= 4 is 0 Å². The van der Waals surface area contributed by atoms with Crippen LogP contribution < -0.4 is 10.6 Å². The molecule has 1 saturated heterocycles. The summed E-state index contributed by atoms with van der Waals surface area (Å²) in [7, 11) is 0. The molecule has 1 aliphatic rings. The topological polar surface area (TPSA) is 73.7 Å². The van der Waals surface area contributed by atoms with Crippen molar-refractivity contribution in [2.24, 2.45) is 5.18 Å². The molecule has 1 atom stereocenters. The van der Waals surface area contributed by atoms with Crippen LogP contribution in [0.5, 0.6) is 0 Å². The fourth-order valence-electron chi connectivity index (χ4n) is 1.46. The highest BCUT2D eigenvalue weighted by atomic mass is 16.3. The molecule has 0 spiro atoms. The summed E-state index contributed by atoms with van der Waals surface area (Å²) < 4.78 is 0. The van der Waals surface area contributed by atoms with E-state index in [1.807, 2.05) is 0 Å². The van der Waals surface area contributed by atoms with Crippen LogP contribution in [0.4, 0.5) is 0 Å². The Labute approximate surface area is 77.9 Å². The van der Waals surface area contributed by atoms with Crippen LogP contribution in [0, 0.1) is 4.91 Å². The first-order valence-corrected chi connectivity index (χ1v) is 4.74. The summed E-state index contributed by atoms with van der Waals surface area (Å²) in [4.78, 5) is 10.1. The molecule has 5 heteroatoms. The van der Waals surface area contributed by atoms with Crippen molar-refractivity contribution in [1.82, 2.24) is 10.6 Å². The molecule has 0 unspecified atom stereocenters. The number of aliphatic hydroxyl groups excluding tert-OH is 1. The number of hydrogen-bond donors (Lipinski definition) is 3. The summed E-state index contributed by atoms with van der Waals surface area (Å²) >= 11 is 0. The molecule has 0 aromatic rings. The first-order chi connectivity index (χ1) is 6.36. The molecule has 1 rings (SSSR count). The van der Waals surface area contributed by atoms with Gasteiger partial charge in [-0.15, -0.1) is 0 Å². The minimum absolute atomic E-state index is 0.165. The van der Waals surface area contributed by atoms with Gasteiger partial charge in [-0.1, -0.05) is 5.18 Å². The van der Waals surface area contributed by atoms with Crippen molar-refractivity contribution in [2.75, 3.05) is 26.2 Å². The molecule has 5 nitrogen and oxygen atoms in total. The highest BCUT2D eigenvalue weighted by Crippen LogP contribution is 2.01. The first-order valence-electron chi connectivity index (χ1n) is 4.74. The summed E-state index contributed by atoms with van der Waals surface area (Å²) in [5.41, 5.74) is 0. The monoisotopic (exact) mass is 187 g/mol. The largest absolute Gasteiger partial charge is 0.394 e. The molecule has 76 valence electrons. The zero-order valence-corrected chi connectivity index (χ0v) is 7.70. The van der Waals surface area contributed by atoms with Crippen molar-refractivity contribution in [2.45, 2.75) is 24.9 Å². The number of hydrogen-bond acceptors (Lipinski definition) is 5. The van der Waals surface area contributed by atoms with Crippen LogP contribution in [-0.4, -0.2) is 43.4 Å². The number of rotatable bonds is 5. The number of nitroso groups, excluding NO2 is 1. The van der Waals surface area contributed by atoms with Crippen LogP contribution in [0.15, 0.2) is 5.18 Å². The van der Waals surface area contributed by atoms with E-state index in [1.165, 1.54) is 0 Å². The second-order valence-electron chi connectivity index (χ2n) is 3.37. The van der Waals surface area contributed by atoms with E-state index in [9.17, 15) is 4.91 Å². The van der Waals surface area contributed by atoms with Gasteiger partial charge in [0, 0.05) is 12.6 Å². The van der Waals surface area contributed by atoms with E-state index in [4.69, 9.17) is 5.11 Å². The van der Waals surface area contributed by atoms with Gasteiger partial charge in [0.15, 0.2) is 0 Å². The Morgan fingerprint density at radius 1 is 1.54 bits per heavy atom. The Bertz CT molecular complexity index is 148. The quantitative estimate of drug-likeness (QED) is 0.505. The van der Waals surface area contributed by atoms with E-state index >= 15 is 0 Å². The fraction of sp³-hybridized carbons (Fsp3) is 1.00. The average Bonchev–Trinajstić information content (AvgIpc) is 2.21. The predicted molar refractivity (Wildman–Crippen MR) is 50.6 cm³/mol. The van der Waals surface area contributed by atoms with Crippen LogP contribution in [0.2, 0.25) is 0 Å². The summed E-state index contributed by atoms with van der Waals surface area (Å²) in [5.74, 6) is 0. The van der Waals surface area contributed by atoms with Gasteiger partial charge in [0.25, 0.3) is 0 Å². The van der Waals surface area contributed by atoms with E-state index in [0.29, 0.717) is 12.6 Å². The second-order valence-corrected chi connectivity index (χ2v) is 3.37. The number of nitrogens with zero attached hydrogens (tertiary/aromatic N) is 1. The van der Waals surface area contributed by atoms with Gasteiger partial charge in [-0.05, 0) is 25.9 Å². The Morgan fingerprint density at radius 3 is 2.77 bits per heavy atom. The number of nitrogens with one attached hydrogen (secondary N) is 2. The number of piperidine rings is 1. The third-order valence-electron chi connectivity index (χ3n) is 2.34. The highest BCUT2D eigenvalue weighted by Gasteiger charge is 2.14. The summed E-state index contributed by atoms with van der Waals surface area (Å²) in [6.07, 6.45) is 2.16. The SMILES string of the molecule is O=N[C@H](CO)CNC1CCNCC1. The lowest BCUT2D eigenvalue weighted by Crippen LogP contribution is -2.43. The second kappa shape index (κ2) is 6.01. The molecule has 0 amide bonds.